The third-order valence-corrected chi connectivity index (χ3v) is 5.85. The van der Waals surface area contributed by atoms with Crippen LogP contribution >= 0.6 is 22.9 Å². The molecular weight excluding hydrogens is 370 g/mol. The van der Waals surface area contributed by atoms with E-state index in [1.54, 1.807) is 6.07 Å². The van der Waals surface area contributed by atoms with E-state index in [1.807, 2.05) is 13.0 Å². The van der Waals surface area contributed by atoms with Crippen LogP contribution in [-0.4, -0.2) is 43.4 Å². The van der Waals surface area contributed by atoms with Crippen LogP contribution < -0.4 is 10.6 Å². The van der Waals surface area contributed by atoms with Gasteiger partial charge in [0, 0.05) is 30.5 Å². The molecule has 1 aromatic rings. The van der Waals surface area contributed by atoms with Gasteiger partial charge in [-0.25, -0.2) is 0 Å². The number of guanidine groups is 1. The van der Waals surface area contributed by atoms with Gasteiger partial charge in [-0.05, 0) is 37.3 Å². The number of nitrogens with one attached hydrogen (secondary N) is 2. The van der Waals surface area contributed by atoms with E-state index in [0.717, 1.165) is 43.4 Å². The third kappa shape index (κ3) is 6.41. The van der Waals surface area contributed by atoms with Gasteiger partial charge in [0.25, 0.3) is 0 Å². The second-order valence-corrected chi connectivity index (χ2v) is 9.56. The lowest BCUT2D eigenvalue weighted by Crippen LogP contribution is -2.47. The second-order valence-electron chi connectivity index (χ2n) is 7.82. The van der Waals surface area contributed by atoms with Crippen molar-refractivity contribution in [3.8, 4) is 0 Å². The van der Waals surface area contributed by atoms with E-state index in [9.17, 15) is 5.11 Å². The molecule has 3 atom stereocenters. The predicted octanol–water partition coefficient (Wildman–Crippen LogP) is 3.83. The van der Waals surface area contributed by atoms with Gasteiger partial charge in [-0.2, -0.15) is 0 Å². The fourth-order valence-corrected chi connectivity index (χ4v) is 4.39. The Bertz CT molecular complexity index is 586. The molecule has 0 aromatic carbocycles. The van der Waals surface area contributed by atoms with Gasteiger partial charge in [-0.1, -0.05) is 32.4 Å². The molecule has 2 heterocycles. The maximum atomic E-state index is 10.3. The van der Waals surface area contributed by atoms with Crippen molar-refractivity contribution in [2.75, 3.05) is 26.2 Å². The van der Waals surface area contributed by atoms with Crippen molar-refractivity contribution >= 4 is 28.9 Å². The summed E-state index contributed by atoms with van der Waals surface area (Å²) < 4.78 is 6.73. The Morgan fingerprint density at radius 3 is 2.81 bits per heavy atom. The molecule has 1 saturated heterocycles. The molecule has 7 heteroatoms. The number of nitrogens with zero attached hydrogens (tertiary/aromatic N) is 1. The largest absolute Gasteiger partial charge is 0.386 e. The molecule has 1 aromatic heterocycles. The molecule has 0 bridgehead atoms. The van der Waals surface area contributed by atoms with Crippen LogP contribution in [0.4, 0.5) is 0 Å². The first-order chi connectivity index (χ1) is 12.3. The van der Waals surface area contributed by atoms with Gasteiger partial charge in [-0.3, -0.25) is 4.99 Å². The molecule has 0 amide bonds. The summed E-state index contributed by atoms with van der Waals surface area (Å²) in [7, 11) is 0. The Morgan fingerprint density at radius 2 is 2.19 bits per heavy atom. The molecule has 0 saturated carbocycles. The van der Waals surface area contributed by atoms with Crippen molar-refractivity contribution in [3.05, 3.63) is 21.3 Å². The number of ether oxygens (including phenoxy) is 1. The van der Waals surface area contributed by atoms with Crippen molar-refractivity contribution in [1.29, 1.82) is 0 Å². The molecule has 148 valence electrons. The van der Waals surface area contributed by atoms with Gasteiger partial charge in [0.15, 0.2) is 5.96 Å². The van der Waals surface area contributed by atoms with E-state index in [-0.39, 0.29) is 11.5 Å². The second kappa shape index (κ2) is 9.93. The summed E-state index contributed by atoms with van der Waals surface area (Å²) in [4.78, 5) is 5.37. The summed E-state index contributed by atoms with van der Waals surface area (Å²) >= 11 is 7.33. The number of hydrogen-bond acceptors (Lipinski definition) is 4. The van der Waals surface area contributed by atoms with Crippen LogP contribution in [0.5, 0.6) is 0 Å². The van der Waals surface area contributed by atoms with E-state index in [4.69, 9.17) is 16.3 Å². The molecule has 0 spiro atoms. The summed E-state index contributed by atoms with van der Waals surface area (Å²) in [6.45, 7) is 11.5. The molecular formula is C19H32ClN3O2S. The van der Waals surface area contributed by atoms with Crippen LogP contribution in [0.15, 0.2) is 17.1 Å². The molecule has 2 rings (SSSR count). The summed E-state index contributed by atoms with van der Waals surface area (Å²) in [6, 6.07) is 3.65. The van der Waals surface area contributed by atoms with Crippen LogP contribution in [0.1, 0.15) is 51.5 Å². The smallest absolute Gasteiger partial charge is 0.191 e. The summed E-state index contributed by atoms with van der Waals surface area (Å²) in [5.74, 6) is 1.18. The maximum Gasteiger partial charge on any atom is 0.191 e. The molecule has 5 nitrogen and oxygen atoms in total. The molecule has 0 radical (unpaired) electrons. The highest BCUT2D eigenvalue weighted by Gasteiger charge is 2.35. The Labute approximate surface area is 166 Å². The van der Waals surface area contributed by atoms with Crippen LogP contribution in [0.2, 0.25) is 4.34 Å². The number of hydrogen-bond donors (Lipinski definition) is 3. The highest BCUT2D eigenvalue weighted by molar-refractivity contribution is 7.16. The number of halogens is 1. The van der Waals surface area contributed by atoms with Crippen molar-refractivity contribution < 1.29 is 9.84 Å². The van der Waals surface area contributed by atoms with Crippen molar-refractivity contribution in [2.45, 2.75) is 52.7 Å². The number of aliphatic hydroxyl groups excluding tert-OH is 1. The van der Waals surface area contributed by atoms with Gasteiger partial charge in [0.1, 0.15) is 6.10 Å². The van der Waals surface area contributed by atoms with E-state index in [2.05, 4.69) is 36.4 Å². The summed E-state index contributed by atoms with van der Waals surface area (Å²) in [6.07, 6.45) is 1.86. The number of aliphatic hydroxyl groups is 1. The lowest BCUT2D eigenvalue weighted by Gasteiger charge is -2.40. The topological polar surface area (TPSA) is 65.9 Å². The van der Waals surface area contributed by atoms with Crippen molar-refractivity contribution in [1.82, 2.24) is 10.6 Å². The Kier molecular flexibility index (Phi) is 8.20. The Balaban J connectivity index is 1.94. The fraction of sp³-hybridized carbons (Fsp3) is 0.737. The zero-order valence-electron chi connectivity index (χ0n) is 16.2. The molecule has 1 aliphatic heterocycles. The Morgan fingerprint density at radius 1 is 1.42 bits per heavy atom. The average Bonchev–Trinajstić information content (AvgIpc) is 3.03. The third-order valence-electron chi connectivity index (χ3n) is 4.52. The van der Waals surface area contributed by atoms with Gasteiger partial charge in [0.2, 0.25) is 0 Å². The van der Waals surface area contributed by atoms with Crippen LogP contribution in [0.3, 0.4) is 0 Å². The maximum absolute atomic E-state index is 10.3. The van der Waals surface area contributed by atoms with Gasteiger partial charge in [0.05, 0.1) is 17.0 Å². The van der Waals surface area contributed by atoms with Crippen molar-refractivity contribution in [3.63, 3.8) is 0 Å². The quantitative estimate of drug-likeness (QED) is 0.500. The minimum Gasteiger partial charge on any atom is -0.386 e. The monoisotopic (exact) mass is 401 g/mol. The number of rotatable bonds is 6. The highest BCUT2D eigenvalue weighted by Crippen LogP contribution is 2.33. The first-order valence-corrected chi connectivity index (χ1v) is 10.6. The number of thiophene rings is 1. The van der Waals surface area contributed by atoms with Crippen LogP contribution in [0.25, 0.3) is 0 Å². The highest BCUT2D eigenvalue weighted by atomic mass is 35.5. The van der Waals surface area contributed by atoms with E-state index < -0.39 is 6.10 Å². The molecule has 1 aliphatic rings. The molecule has 26 heavy (non-hydrogen) atoms. The SMILES string of the molecule is CCNC(=NCC(O)c1ccc(Cl)s1)NCC1CCCOC1C(C)(C)C. The van der Waals surface area contributed by atoms with E-state index in [0.29, 0.717) is 16.8 Å². The predicted molar refractivity (Wildman–Crippen MR) is 110 cm³/mol. The first kappa shape index (κ1) is 21.5. The average molecular weight is 402 g/mol. The zero-order chi connectivity index (χ0) is 19.2. The fourth-order valence-electron chi connectivity index (χ4n) is 3.35. The minimum absolute atomic E-state index is 0.122. The normalized spacial score (nSPS) is 22.9. The molecule has 1 fully saturated rings. The summed E-state index contributed by atoms with van der Waals surface area (Å²) in [5.41, 5.74) is 0.122. The van der Waals surface area contributed by atoms with Crippen molar-refractivity contribution in [2.24, 2.45) is 16.3 Å². The standard InChI is InChI=1S/C19H32ClN3O2S/c1-5-21-18(23-12-14(24)15-8-9-16(20)26-15)22-11-13-7-6-10-25-17(13)19(2,3)4/h8-9,13-14,17,24H,5-7,10-12H2,1-4H3,(H2,21,22,23). The number of aliphatic imine (C=N–C) groups is 1. The lowest BCUT2D eigenvalue weighted by molar-refractivity contribution is -0.0835. The first-order valence-electron chi connectivity index (χ1n) is 9.38. The lowest BCUT2D eigenvalue weighted by atomic mass is 9.78. The van der Waals surface area contributed by atoms with Crippen LogP contribution in [-0.2, 0) is 4.74 Å². The summed E-state index contributed by atoms with van der Waals surface area (Å²) in [5, 5.41) is 17.0. The van der Waals surface area contributed by atoms with Gasteiger partial charge >= 0.3 is 0 Å². The Hall–Kier alpha value is -0.820. The molecule has 3 N–H and O–H groups in total. The molecule has 0 aliphatic carbocycles. The van der Waals surface area contributed by atoms with E-state index >= 15 is 0 Å². The zero-order valence-corrected chi connectivity index (χ0v) is 17.8. The molecule has 3 unspecified atom stereocenters. The van der Waals surface area contributed by atoms with Gasteiger partial charge < -0.3 is 20.5 Å². The minimum atomic E-state index is -0.636. The van der Waals surface area contributed by atoms with Gasteiger partial charge in [-0.15, -0.1) is 11.3 Å². The van der Waals surface area contributed by atoms with E-state index in [1.165, 1.54) is 11.3 Å². The van der Waals surface area contributed by atoms with Crippen LogP contribution in [0, 0.1) is 11.3 Å².